The van der Waals surface area contributed by atoms with Crippen molar-refractivity contribution < 1.29 is 4.74 Å². The van der Waals surface area contributed by atoms with Gasteiger partial charge >= 0.3 is 0 Å². The number of rotatable bonds is 7. The third kappa shape index (κ3) is 5.33. The molecule has 2 rings (SSSR count). The van der Waals surface area contributed by atoms with E-state index in [9.17, 15) is 0 Å². The van der Waals surface area contributed by atoms with Crippen LogP contribution >= 0.6 is 0 Å². The molecule has 0 fully saturated rings. The fourth-order valence-corrected chi connectivity index (χ4v) is 3.00. The smallest absolute Gasteiger partial charge is 0.191 e. The molecular formula is C20H31N5O. The van der Waals surface area contributed by atoms with Crippen LogP contribution in [0.5, 0.6) is 0 Å². The van der Waals surface area contributed by atoms with Crippen molar-refractivity contribution in [2.75, 3.05) is 14.2 Å². The molecule has 6 heteroatoms. The van der Waals surface area contributed by atoms with E-state index in [2.05, 4.69) is 65.8 Å². The van der Waals surface area contributed by atoms with E-state index in [-0.39, 0.29) is 6.04 Å². The summed E-state index contributed by atoms with van der Waals surface area (Å²) in [4.78, 5) is 4.34. The maximum Gasteiger partial charge on any atom is 0.191 e. The van der Waals surface area contributed by atoms with Gasteiger partial charge in [0.25, 0.3) is 0 Å². The van der Waals surface area contributed by atoms with Gasteiger partial charge in [0, 0.05) is 39.5 Å². The third-order valence-electron chi connectivity index (χ3n) is 4.57. The number of aryl methyl sites for hydroxylation is 2. The van der Waals surface area contributed by atoms with E-state index in [1.807, 2.05) is 11.7 Å². The van der Waals surface area contributed by atoms with Gasteiger partial charge in [-0.25, -0.2) is 0 Å². The zero-order chi connectivity index (χ0) is 19.1. The Hall–Kier alpha value is -2.34. The molecule has 1 aromatic carbocycles. The highest BCUT2D eigenvalue weighted by Crippen LogP contribution is 2.14. The van der Waals surface area contributed by atoms with Gasteiger partial charge in [0.1, 0.15) is 0 Å². The topological polar surface area (TPSA) is 63.5 Å². The number of hydrogen-bond acceptors (Lipinski definition) is 3. The molecule has 0 aliphatic carbocycles. The van der Waals surface area contributed by atoms with Gasteiger partial charge < -0.3 is 15.4 Å². The minimum Gasteiger partial charge on any atom is -0.380 e. The zero-order valence-electron chi connectivity index (χ0n) is 16.8. The number of benzene rings is 1. The van der Waals surface area contributed by atoms with Crippen molar-refractivity contribution in [3.8, 4) is 0 Å². The van der Waals surface area contributed by atoms with Gasteiger partial charge in [0.05, 0.1) is 12.3 Å². The first kappa shape index (κ1) is 20.0. The Morgan fingerprint density at radius 1 is 1.23 bits per heavy atom. The van der Waals surface area contributed by atoms with Gasteiger partial charge in [0.15, 0.2) is 5.96 Å². The SMILES string of the molecule is CN=C(NCc1ccc(COC)cc1)NC(C)Cc1c(C)nn(C)c1C. The minimum atomic E-state index is 0.256. The molecule has 1 heterocycles. The van der Waals surface area contributed by atoms with Crippen molar-refractivity contribution in [2.24, 2.45) is 12.0 Å². The number of guanidine groups is 1. The normalized spacial score (nSPS) is 12.9. The van der Waals surface area contributed by atoms with Gasteiger partial charge in [-0.2, -0.15) is 5.10 Å². The lowest BCUT2D eigenvalue weighted by molar-refractivity contribution is 0.185. The first-order valence-corrected chi connectivity index (χ1v) is 8.97. The molecule has 0 aliphatic rings. The number of hydrogen-bond donors (Lipinski definition) is 2. The predicted molar refractivity (Wildman–Crippen MR) is 106 cm³/mol. The number of methoxy groups -OCH3 is 1. The predicted octanol–water partition coefficient (Wildman–Crippen LogP) is 2.48. The standard InChI is InChI=1S/C20H31N5O/c1-14(11-19-15(2)24-25(5)16(19)3)23-20(21-4)22-12-17-7-9-18(10-8-17)13-26-6/h7-10,14H,11-13H2,1-6H3,(H2,21,22,23). The molecule has 2 N–H and O–H groups in total. The fraction of sp³-hybridized carbons (Fsp3) is 0.500. The largest absolute Gasteiger partial charge is 0.380 e. The highest BCUT2D eigenvalue weighted by Gasteiger charge is 2.14. The summed E-state index contributed by atoms with van der Waals surface area (Å²) >= 11 is 0. The van der Waals surface area contributed by atoms with E-state index < -0.39 is 0 Å². The molecule has 2 aromatic rings. The molecule has 1 aromatic heterocycles. The molecule has 6 nitrogen and oxygen atoms in total. The van der Waals surface area contributed by atoms with Crippen LogP contribution in [0.15, 0.2) is 29.3 Å². The molecule has 1 atom stereocenters. The van der Waals surface area contributed by atoms with Crippen molar-refractivity contribution in [3.63, 3.8) is 0 Å². The second-order valence-electron chi connectivity index (χ2n) is 6.70. The van der Waals surface area contributed by atoms with Crippen molar-refractivity contribution in [1.82, 2.24) is 20.4 Å². The van der Waals surface area contributed by atoms with E-state index in [1.54, 1.807) is 14.2 Å². The number of nitrogens with zero attached hydrogens (tertiary/aromatic N) is 3. The number of ether oxygens (including phenoxy) is 1. The summed E-state index contributed by atoms with van der Waals surface area (Å²) in [5.41, 5.74) is 6.00. The van der Waals surface area contributed by atoms with Gasteiger partial charge in [-0.15, -0.1) is 0 Å². The van der Waals surface area contributed by atoms with E-state index in [4.69, 9.17) is 4.74 Å². The summed E-state index contributed by atoms with van der Waals surface area (Å²) in [6, 6.07) is 8.66. The van der Waals surface area contributed by atoms with Crippen LogP contribution < -0.4 is 10.6 Å². The van der Waals surface area contributed by atoms with Gasteiger partial charge in [-0.05, 0) is 43.9 Å². The highest BCUT2D eigenvalue weighted by molar-refractivity contribution is 5.79. The maximum atomic E-state index is 5.14. The summed E-state index contributed by atoms with van der Waals surface area (Å²) in [7, 11) is 5.49. The summed E-state index contributed by atoms with van der Waals surface area (Å²) in [6.07, 6.45) is 0.915. The third-order valence-corrected chi connectivity index (χ3v) is 4.57. The number of nitrogens with one attached hydrogen (secondary N) is 2. The average Bonchev–Trinajstić information content (AvgIpc) is 2.86. The van der Waals surface area contributed by atoms with E-state index in [0.29, 0.717) is 6.61 Å². The molecule has 0 bridgehead atoms. The maximum absolute atomic E-state index is 5.14. The zero-order valence-corrected chi connectivity index (χ0v) is 16.8. The fourth-order valence-electron chi connectivity index (χ4n) is 3.00. The Bertz CT molecular complexity index is 733. The van der Waals surface area contributed by atoms with Crippen LogP contribution in [0.4, 0.5) is 0 Å². The second kappa shape index (κ2) is 9.38. The molecule has 0 saturated heterocycles. The van der Waals surface area contributed by atoms with Gasteiger partial charge in [-0.3, -0.25) is 9.67 Å². The summed E-state index contributed by atoms with van der Waals surface area (Å²) in [5.74, 6) is 0.803. The quantitative estimate of drug-likeness (QED) is 0.590. The van der Waals surface area contributed by atoms with Crippen molar-refractivity contribution in [3.05, 3.63) is 52.3 Å². The van der Waals surface area contributed by atoms with Crippen molar-refractivity contribution >= 4 is 5.96 Å². The number of aromatic nitrogens is 2. The Morgan fingerprint density at radius 3 is 2.42 bits per heavy atom. The van der Waals surface area contributed by atoms with Crippen molar-refractivity contribution in [2.45, 2.75) is 46.4 Å². The average molecular weight is 358 g/mol. The van der Waals surface area contributed by atoms with Crippen LogP contribution in [-0.2, 0) is 31.4 Å². The number of aliphatic imine (C=N–C) groups is 1. The van der Waals surface area contributed by atoms with Crippen LogP contribution in [-0.4, -0.2) is 35.9 Å². The summed E-state index contributed by atoms with van der Waals surface area (Å²) in [5, 5.41) is 11.3. The Kier molecular flexibility index (Phi) is 7.21. The minimum absolute atomic E-state index is 0.256. The van der Waals surface area contributed by atoms with Gasteiger partial charge in [0.2, 0.25) is 0 Å². The van der Waals surface area contributed by atoms with E-state index in [1.165, 1.54) is 22.4 Å². The summed E-state index contributed by atoms with van der Waals surface area (Å²) < 4.78 is 7.09. The molecule has 26 heavy (non-hydrogen) atoms. The lowest BCUT2D eigenvalue weighted by Gasteiger charge is -2.18. The van der Waals surface area contributed by atoms with Crippen LogP contribution in [0.3, 0.4) is 0 Å². The molecule has 1 unspecified atom stereocenters. The Morgan fingerprint density at radius 2 is 1.88 bits per heavy atom. The van der Waals surface area contributed by atoms with E-state index in [0.717, 1.165) is 24.6 Å². The monoisotopic (exact) mass is 357 g/mol. The Balaban J connectivity index is 1.88. The molecule has 0 radical (unpaired) electrons. The Labute approximate surface area is 156 Å². The molecule has 0 saturated carbocycles. The van der Waals surface area contributed by atoms with E-state index >= 15 is 0 Å². The van der Waals surface area contributed by atoms with Crippen LogP contribution in [0, 0.1) is 13.8 Å². The highest BCUT2D eigenvalue weighted by atomic mass is 16.5. The first-order chi connectivity index (χ1) is 12.4. The summed E-state index contributed by atoms with van der Waals surface area (Å²) in [6.45, 7) is 7.71. The second-order valence-corrected chi connectivity index (χ2v) is 6.70. The molecule has 0 amide bonds. The lowest BCUT2D eigenvalue weighted by atomic mass is 10.1. The van der Waals surface area contributed by atoms with Crippen molar-refractivity contribution in [1.29, 1.82) is 0 Å². The van der Waals surface area contributed by atoms with Crippen LogP contribution in [0.1, 0.15) is 35.0 Å². The molecule has 0 aliphatic heterocycles. The van der Waals surface area contributed by atoms with Crippen LogP contribution in [0.25, 0.3) is 0 Å². The first-order valence-electron chi connectivity index (χ1n) is 8.97. The molecular weight excluding hydrogens is 326 g/mol. The molecule has 142 valence electrons. The molecule has 0 spiro atoms. The van der Waals surface area contributed by atoms with Crippen LogP contribution in [0.2, 0.25) is 0 Å². The lowest BCUT2D eigenvalue weighted by Crippen LogP contribution is -2.42. The van der Waals surface area contributed by atoms with Gasteiger partial charge in [-0.1, -0.05) is 24.3 Å².